The molecule has 0 radical (unpaired) electrons. The Balaban J connectivity index is 1.55. The van der Waals surface area contributed by atoms with Crippen molar-refractivity contribution in [2.45, 2.75) is 39.2 Å². The van der Waals surface area contributed by atoms with Crippen LogP contribution in [0, 0.1) is 0 Å². The summed E-state index contributed by atoms with van der Waals surface area (Å²) in [6, 6.07) is 15.0. The Hall–Kier alpha value is -2.57. The molecule has 0 aliphatic rings. The van der Waals surface area contributed by atoms with Gasteiger partial charge in [-0.1, -0.05) is 62.7 Å². The maximum atomic E-state index is 12.7. The first-order valence-electron chi connectivity index (χ1n) is 9.90. The molecule has 2 amide bonds. The van der Waals surface area contributed by atoms with Gasteiger partial charge in [-0.3, -0.25) is 10.1 Å². The minimum absolute atomic E-state index is 0.0701. The van der Waals surface area contributed by atoms with Gasteiger partial charge in [0, 0.05) is 15.8 Å². The van der Waals surface area contributed by atoms with Crippen molar-refractivity contribution in [2.75, 3.05) is 11.9 Å². The van der Waals surface area contributed by atoms with Crippen LogP contribution in [0.2, 0.25) is 5.02 Å². The highest BCUT2D eigenvalue weighted by Crippen LogP contribution is 2.35. The number of halogens is 1. The highest BCUT2D eigenvalue weighted by molar-refractivity contribution is 7.21. The average Bonchev–Trinajstić information content (AvgIpc) is 3.08. The SMILES string of the molecule is CCC(COC(=O)Nc1ccc(C(C)C)cc1)NC(=O)c1sc2ccccc2c1Cl. The molecule has 3 rings (SSSR count). The molecule has 7 heteroatoms. The van der Waals surface area contributed by atoms with Crippen molar-refractivity contribution >= 4 is 50.7 Å². The van der Waals surface area contributed by atoms with Crippen molar-refractivity contribution < 1.29 is 14.3 Å². The summed E-state index contributed by atoms with van der Waals surface area (Å²) in [5.74, 6) is 0.163. The molecule has 2 N–H and O–H groups in total. The minimum Gasteiger partial charge on any atom is -0.447 e. The molecular weight excluding hydrogens is 420 g/mol. The number of fused-ring (bicyclic) bond motifs is 1. The molecule has 2 aromatic carbocycles. The zero-order valence-corrected chi connectivity index (χ0v) is 18.8. The lowest BCUT2D eigenvalue weighted by Gasteiger charge is -2.17. The van der Waals surface area contributed by atoms with Crippen LogP contribution >= 0.6 is 22.9 Å². The summed E-state index contributed by atoms with van der Waals surface area (Å²) >= 11 is 7.73. The summed E-state index contributed by atoms with van der Waals surface area (Å²) in [7, 11) is 0. The first-order valence-corrected chi connectivity index (χ1v) is 11.1. The number of ether oxygens (including phenoxy) is 1. The van der Waals surface area contributed by atoms with Gasteiger partial charge in [-0.2, -0.15) is 0 Å². The second-order valence-electron chi connectivity index (χ2n) is 7.32. The van der Waals surface area contributed by atoms with E-state index in [1.165, 1.54) is 16.9 Å². The average molecular weight is 445 g/mol. The van der Waals surface area contributed by atoms with E-state index in [2.05, 4.69) is 24.5 Å². The fraction of sp³-hybridized carbons (Fsp3) is 0.304. The zero-order valence-electron chi connectivity index (χ0n) is 17.2. The molecule has 0 saturated carbocycles. The third-order valence-corrected chi connectivity index (χ3v) is 6.48. The van der Waals surface area contributed by atoms with E-state index >= 15 is 0 Å². The molecule has 1 unspecified atom stereocenters. The number of hydrogen-bond donors (Lipinski definition) is 2. The predicted molar refractivity (Wildman–Crippen MR) is 124 cm³/mol. The van der Waals surface area contributed by atoms with Gasteiger partial charge < -0.3 is 10.1 Å². The van der Waals surface area contributed by atoms with Gasteiger partial charge in [-0.15, -0.1) is 11.3 Å². The third-order valence-electron chi connectivity index (χ3n) is 4.81. The van der Waals surface area contributed by atoms with E-state index in [9.17, 15) is 9.59 Å². The molecule has 5 nitrogen and oxygen atoms in total. The lowest BCUT2D eigenvalue weighted by atomic mass is 10.0. The van der Waals surface area contributed by atoms with Crippen LogP contribution in [-0.4, -0.2) is 24.6 Å². The molecule has 0 bridgehead atoms. The Morgan fingerprint density at radius 3 is 2.43 bits per heavy atom. The van der Waals surface area contributed by atoms with E-state index < -0.39 is 6.09 Å². The van der Waals surface area contributed by atoms with Gasteiger partial charge in [0.1, 0.15) is 11.5 Å². The van der Waals surface area contributed by atoms with Crippen molar-refractivity contribution in [3.63, 3.8) is 0 Å². The van der Waals surface area contributed by atoms with Crippen molar-refractivity contribution in [2.24, 2.45) is 0 Å². The third kappa shape index (κ3) is 5.32. The molecule has 1 atom stereocenters. The molecule has 3 aromatic rings. The van der Waals surface area contributed by atoms with E-state index in [1.54, 1.807) is 0 Å². The molecule has 1 heterocycles. The maximum absolute atomic E-state index is 12.7. The van der Waals surface area contributed by atoms with Gasteiger partial charge in [-0.05, 0) is 36.1 Å². The number of anilines is 1. The monoisotopic (exact) mass is 444 g/mol. The van der Waals surface area contributed by atoms with Crippen molar-refractivity contribution in [3.8, 4) is 0 Å². The van der Waals surface area contributed by atoms with Crippen molar-refractivity contribution in [1.29, 1.82) is 0 Å². The summed E-state index contributed by atoms with van der Waals surface area (Å²) in [5, 5.41) is 6.93. The Morgan fingerprint density at radius 2 is 1.80 bits per heavy atom. The Morgan fingerprint density at radius 1 is 1.10 bits per heavy atom. The summed E-state index contributed by atoms with van der Waals surface area (Å²) in [4.78, 5) is 25.3. The standard InChI is InChI=1S/C23H25ClN2O3S/c1-4-16(13-29-23(28)26-17-11-9-15(10-12-17)14(2)3)25-22(27)21-20(24)18-7-5-6-8-19(18)30-21/h5-12,14,16H,4,13H2,1-3H3,(H,25,27)(H,26,28). The predicted octanol–water partition coefficient (Wildman–Crippen LogP) is 6.44. The number of nitrogens with one attached hydrogen (secondary N) is 2. The van der Waals surface area contributed by atoms with Crippen LogP contribution in [0.4, 0.5) is 10.5 Å². The van der Waals surface area contributed by atoms with E-state index in [0.717, 1.165) is 10.1 Å². The number of carbonyl (C=O) groups is 2. The topological polar surface area (TPSA) is 67.4 Å². The second kappa shape index (κ2) is 9.96. The summed E-state index contributed by atoms with van der Waals surface area (Å²) < 4.78 is 6.27. The zero-order chi connectivity index (χ0) is 21.7. The number of thiophene rings is 1. The molecule has 0 spiro atoms. The van der Waals surface area contributed by atoms with Gasteiger partial charge >= 0.3 is 6.09 Å². The summed E-state index contributed by atoms with van der Waals surface area (Å²) in [5.41, 5.74) is 1.86. The van der Waals surface area contributed by atoms with Crippen molar-refractivity contribution in [3.05, 3.63) is 64.0 Å². The van der Waals surface area contributed by atoms with Gasteiger partial charge in [0.15, 0.2) is 0 Å². The van der Waals surface area contributed by atoms with E-state index in [0.29, 0.717) is 27.9 Å². The molecule has 0 fully saturated rings. The van der Waals surface area contributed by atoms with Crippen LogP contribution in [-0.2, 0) is 4.74 Å². The van der Waals surface area contributed by atoms with Crippen molar-refractivity contribution in [1.82, 2.24) is 5.32 Å². The fourth-order valence-corrected chi connectivity index (χ4v) is 4.37. The van der Waals surface area contributed by atoms with Crippen LogP contribution in [0.1, 0.15) is 48.3 Å². The first kappa shape index (κ1) is 22.1. The highest BCUT2D eigenvalue weighted by Gasteiger charge is 2.20. The van der Waals surface area contributed by atoms with E-state index in [4.69, 9.17) is 16.3 Å². The number of carbonyl (C=O) groups excluding carboxylic acids is 2. The van der Waals surface area contributed by atoms with Gasteiger partial charge in [0.25, 0.3) is 5.91 Å². The lowest BCUT2D eigenvalue weighted by Crippen LogP contribution is -2.38. The Labute approximate surface area is 185 Å². The first-order chi connectivity index (χ1) is 14.4. The van der Waals surface area contributed by atoms with E-state index in [-0.39, 0.29) is 18.6 Å². The van der Waals surface area contributed by atoms with Gasteiger partial charge in [0.2, 0.25) is 0 Å². The molecule has 1 aromatic heterocycles. The summed E-state index contributed by atoms with van der Waals surface area (Å²) in [6.07, 6.45) is 0.0600. The minimum atomic E-state index is -0.556. The smallest absolute Gasteiger partial charge is 0.411 e. The van der Waals surface area contributed by atoms with Crippen LogP contribution < -0.4 is 10.6 Å². The molecule has 0 aliphatic carbocycles. The molecular formula is C23H25ClN2O3S. The highest BCUT2D eigenvalue weighted by atomic mass is 35.5. The largest absolute Gasteiger partial charge is 0.447 e. The number of rotatable bonds is 7. The van der Waals surface area contributed by atoms with E-state index in [1.807, 2.05) is 55.5 Å². The van der Waals surface area contributed by atoms with Crippen LogP contribution in [0.25, 0.3) is 10.1 Å². The second-order valence-corrected chi connectivity index (χ2v) is 8.75. The maximum Gasteiger partial charge on any atom is 0.411 e. The fourth-order valence-electron chi connectivity index (χ4n) is 2.95. The Bertz CT molecular complexity index is 1030. The Kier molecular flexibility index (Phi) is 7.34. The van der Waals surface area contributed by atoms with Gasteiger partial charge in [-0.25, -0.2) is 4.79 Å². The molecule has 30 heavy (non-hydrogen) atoms. The lowest BCUT2D eigenvalue weighted by molar-refractivity contribution is 0.0904. The summed E-state index contributed by atoms with van der Waals surface area (Å²) in [6.45, 7) is 6.22. The van der Waals surface area contributed by atoms with Crippen LogP contribution in [0.15, 0.2) is 48.5 Å². The normalized spacial score (nSPS) is 12.0. The van der Waals surface area contributed by atoms with Gasteiger partial charge in [0.05, 0.1) is 11.1 Å². The quantitative estimate of drug-likeness (QED) is 0.440. The van der Waals surface area contributed by atoms with Crippen LogP contribution in [0.5, 0.6) is 0 Å². The number of benzene rings is 2. The number of hydrogen-bond acceptors (Lipinski definition) is 4. The molecule has 0 aliphatic heterocycles. The number of amides is 2. The molecule has 0 saturated heterocycles. The molecule has 158 valence electrons. The van der Waals surface area contributed by atoms with Crippen LogP contribution in [0.3, 0.4) is 0 Å².